The zero-order valence-corrected chi connectivity index (χ0v) is 10.7. The molecule has 0 aromatic heterocycles. The fourth-order valence-corrected chi connectivity index (χ4v) is 1.78. The number of hydrogen-bond acceptors (Lipinski definition) is 3. The average molecular weight is 235 g/mol. The fraction of sp³-hybridized carbons (Fsp3) is 0.462. The van der Waals surface area contributed by atoms with Gasteiger partial charge in [0.1, 0.15) is 0 Å². The standard InChI is InChI=1S/C13H21N3O/c1-4-5-9(2)16-12-7-6-10(14)8-11(12)13(17)15-3/h6-9,16H,4-5,14H2,1-3H3,(H,15,17)/t9-/m1/s1. The molecule has 4 nitrogen and oxygen atoms in total. The topological polar surface area (TPSA) is 67.1 Å². The van der Waals surface area contributed by atoms with Crippen LogP contribution < -0.4 is 16.4 Å². The van der Waals surface area contributed by atoms with Crippen LogP contribution in [0.5, 0.6) is 0 Å². The van der Waals surface area contributed by atoms with Crippen molar-refractivity contribution in [2.75, 3.05) is 18.1 Å². The van der Waals surface area contributed by atoms with Crippen molar-refractivity contribution in [3.8, 4) is 0 Å². The normalized spacial score (nSPS) is 11.9. The van der Waals surface area contributed by atoms with Crippen LogP contribution in [-0.4, -0.2) is 19.0 Å². The highest BCUT2D eigenvalue weighted by Crippen LogP contribution is 2.20. The average Bonchev–Trinajstić information content (AvgIpc) is 2.30. The molecule has 0 unspecified atom stereocenters. The molecule has 0 radical (unpaired) electrons. The van der Waals surface area contributed by atoms with Crippen LogP contribution in [0.15, 0.2) is 18.2 Å². The van der Waals surface area contributed by atoms with E-state index in [1.807, 2.05) is 6.07 Å². The number of amides is 1. The number of rotatable bonds is 5. The second-order valence-electron chi connectivity index (χ2n) is 4.22. The van der Waals surface area contributed by atoms with Crippen molar-refractivity contribution >= 4 is 17.3 Å². The third-order valence-electron chi connectivity index (χ3n) is 2.64. The van der Waals surface area contributed by atoms with Gasteiger partial charge >= 0.3 is 0 Å². The highest BCUT2D eigenvalue weighted by molar-refractivity contribution is 6.00. The van der Waals surface area contributed by atoms with Gasteiger partial charge in [-0.1, -0.05) is 13.3 Å². The van der Waals surface area contributed by atoms with Gasteiger partial charge in [0.15, 0.2) is 0 Å². The smallest absolute Gasteiger partial charge is 0.253 e. The van der Waals surface area contributed by atoms with E-state index in [-0.39, 0.29) is 5.91 Å². The Morgan fingerprint density at radius 3 is 2.76 bits per heavy atom. The Bertz CT molecular complexity index is 390. The van der Waals surface area contributed by atoms with Gasteiger partial charge in [0.05, 0.1) is 5.56 Å². The van der Waals surface area contributed by atoms with E-state index in [4.69, 9.17) is 5.73 Å². The molecule has 1 atom stereocenters. The third kappa shape index (κ3) is 3.66. The molecule has 94 valence electrons. The van der Waals surface area contributed by atoms with Crippen molar-refractivity contribution in [1.29, 1.82) is 0 Å². The Labute approximate surface area is 103 Å². The lowest BCUT2D eigenvalue weighted by molar-refractivity contribution is 0.0964. The van der Waals surface area contributed by atoms with Crippen LogP contribution in [-0.2, 0) is 0 Å². The maximum Gasteiger partial charge on any atom is 0.253 e. The minimum absolute atomic E-state index is 0.122. The summed E-state index contributed by atoms with van der Waals surface area (Å²) in [4.78, 5) is 11.7. The summed E-state index contributed by atoms with van der Waals surface area (Å²) >= 11 is 0. The Hall–Kier alpha value is -1.71. The van der Waals surface area contributed by atoms with Crippen molar-refractivity contribution in [1.82, 2.24) is 5.32 Å². The molecule has 0 saturated carbocycles. The van der Waals surface area contributed by atoms with E-state index >= 15 is 0 Å². The van der Waals surface area contributed by atoms with Gasteiger partial charge in [-0.15, -0.1) is 0 Å². The van der Waals surface area contributed by atoms with Crippen molar-refractivity contribution in [2.24, 2.45) is 0 Å². The molecular formula is C13H21N3O. The molecule has 4 N–H and O–H groups in total. The minimum Gasteiger partial charge on any atom is -0.399 e. The van der Waals surface area contributed by atoms with E-state index in [1.54, 1.807) is 19.2 Å². The molecule has 0 aliphatic heterocycles. The number of carbonyl (C=O) groups excluding carboxylic acids is 1. The predicted molar refractivity (Wildman–Crippen MR) is 72.2 cm³/mol. The van der Waals surface area contributed by atoms with Crippen LogP contribution in [0.4, 0.5) is 11.4 Å². The van der Waals surface area contributed by atoms with Crippen LogP contribution in [0.1, 0.15) is 37.0 Å². The van der Waals surface area contributed by atoms with Crippen LogP contribution in [0.25, 0.3) is 0 Å². The molecule has 1 aromatic carbocycles. The monoisotopic (exact) mass is 235 g/mol. The van der Waals surface area contributed by atoms with Crippen molar-refractivity contribution in [2.45, 2.75) is 32.7 Å². The van der Waals surface area contributed by atoms with Gasteiger partial charge in [-0.2, -0.15) is 0 Å². The highest BCUT2D eigenvalue weighted by Gasteiger charge is 2.11. The van der Waals surface area contributed by atoms with Gasteiger partial charge in [-0.25, -0.2) is 0 Å². The van der Waals surface area contributed by atoms with Gasteiger partial charge in [0.25, 0.3) is 5.91 Å². The number of nitrogens with one attached hydrogen (secondary N) is 2. The molecule has 17 heavy (non-hydrogen) atoms. The van der Waals surface area contributed by atoms with Crippen LogP contribution in [0, 0.1) is 0 Å². The lowest BCUT2D eigenvalue weighted by Gasteiger charge is -2.17. The second-order valence-corrected chi connectivity index (χ2v) is 4.22. The Morgan fingerprint density at radius 2 is 2.18 bits per heavy atom. The van der Waals surface area contributed by atoms with Gasteiger partial charge in [-0.3, -0.25) is 4.79 Å². The first-order chi connectivity index (χ1) is 8.08. The Kier molecular flexibility index (Phi) is 4.82. The van der Waals surface area contributed by atoms with E-state index in [2.05, 4.69) is 24.5 Å². The maximum absolute atomic E-state index is 11.7. The summed E-state index contributed by atoms with van der Waals surface area (Å²) in [5, 5.41) is 5.96. The van der Waals surface area contributed by atoms with E-state index in [0.717, 1.165) is 18.5 Å². The lowest BCUT2D eigenvalue weighted by Crippen LogP contribution is -2.22. The largest absolute Gasteiger partial charge is 0.399 e. The number of nitrogen functional groups attached to an aromatic ring is 1. The molecule has 0 heterocycles. The van der Waals surface area contributed by atoms with E-state index in [9.17, 15) is 4.79 Å². The first-order valence-electron chi connectivity index (χ1n) is 5.96. The molecule has 1 rings (SSSR count). The number of nitrogens with two attached hydrogens (primary N) is 1. The molecule has 0 bridgehead atoms. The van der Waals surface area contributed by atoms with Gasteiger partial charge in [0.2, 0.25) is 0 Å². The van der Waals surface area contributed by atoms with Crippen LogP contribution >= 0.6 is 0 Å². The Balaban J connectivity index is 2.94. The third-order valence-corrected chi connectivity index (χ3v) is 2.64. The molecule has 1 aromatic rings. The number of anilines is 2. The van der Waals surface area contributed by atoms with Crippen LogP contribution in [0.2, 0.25) is 0 Å². The molecule has 0 aliphatic rings. The fourth-order valence-electron chi connectivity index (χ4n) is 1.78. The van der Waals surface area contributed by atoms with Crippen LogP contribution in [0.3, 0.4) is 0 Å². The minimum atomic E-state index is -0.122. The summed E-state index contributed by atoms with van der Waals surface area (Å²) in [6.07, 6.45) is 2.18. The quantitative estimate of drug-likeness (QED) is 0.686. The van der Waals surface area contributed by atoms with Gasteiger partial charge < -0.3 is 16.4 Å². The van der Waals surface area contributed by atoms with Crippen molar-refractivity contribution < 1.29 is 4.79 Å². The molecule has 1 amide bonds. The molecular weight excluding hydrogens is 214 g/mol. The summed E-state index contributed by atoms with van der Waals surface area (Å²) < 4.78 is 0. The number of hydrogen-bond donors (Lipinski definition) is 3. The molecule has 0 aliphatic carbocycles. The summed E-state index contributed by atoms with van der Waals surface area (Å²) in [7, 11) is 1.62. The van der Waals surface area contributed by atoms with E-state index < -0.39 is 0 Å². The zero-order chi connectivity index (χ0) is 12.8. The summed E-state index contributed by atoms with van der Waals surface area (Å²) in [6, 6.07) is 5.69. The van der Waals surface area contributed by atoms with Crippen molar-refractivity contribution in [3.63, 3.8) is 0 Å². The first-order valence-corrected chi connectivity index (χ1v) is 5.96. The Morgan fingerprint density at radius 1 is 1.47 bits per heavy atom. The first kappa shape index (κ1) is 13.4. The molecule has 4 heteroatoms. The van der Waals surface area contributed by atoms with Crippen molar-refractivity contribution in [3.05, 3.63) is 23.8 Å². The molecule has 0 saturated heterocycles. The van der Waals surface area contributed by atoms with E-state index in [0.29, 0.717) is 17.3 Å². The van der Waals surface area contributed by atoms with Gasteiger partial charge in [0, 0.05) is 24.5 Å². The van der Waals surface area contributed by atoms with E-state index in [1.165, 1.54) is 0 Å². The predicted octanol–water partition coefficient (Wildman–Crippen LogP) is 2.23. The lowest BCUT2D eigenvalue weighted by atomic mass is 10.1. The zero-order valence-electron chi connectivity index (χ0n) is 10.7. The summed E-state index contributed by atoms with van der Waals surface area (Å²) in [5.41, 5.74) is 7.72. The number of benzene rings is 1. The molecule has 0 fully saturated rings. The van der Waals surface area contributed by atoms with Gasteiger partial charge in [-0.05, 0) is 31.5 Å². The SMILES string of the molecule is CCC[C@@H](C)Nc1ccc(N)cc1C(=O)NC. The second kappa shape index (κ2) is 6.13. The summed E-state index contributed by atoms with van der Waals surface area (Å²) in [5.74, 6) is -0.122. The highest BCUT2D eigenvalue weighted by atomic mass is 16.1. The summed E-state index contributed by atoms with van der Waals surface area (Å²) in [6.45, 7) is 4.24. The number of carbonyl (C=O) groups is 1. The maximum atomic E-state index is 11.7. The molecule has 0 spiro atoms.